The molecule has 1 aromatic carbocycles. The first kappa shape index (κ1) is 17.7. The Balaban J connectivity index is 1.77. The normalized spacial score (nSPS) is 10.5. The van der Waals surface area contributed by atoms with Crippen LogP contribution in [0.25, 0.3) is 0 Å². The van der Waals surface area contributed by atoms with Crippen LogP contribution in [0.4, 0.5) is 0 Å². The molecule has 0 saturated heterocycles. The molecule has 2 rings (SSSR count). The van der Waals surface area contributed by atoms with Crippen molar-refractivity contribution >= 4 is 11.9 Å². The van der Waals surface area contributed by atoms with E-state index in [1.807, 2.05) is 18.2 Å². The number of hydrogen-bond acceptors (Lipinski definition) is 4. The van der Waals surface area contributed by atoms with E-state index in [1.165, 1.54) is 6.33 Å². The molecule has 0 unspecified atom stereocenters. The topological polar surface area (TPSA) is 97.1 Å². The standard InChI is InChI=1S/C17H22N4O3/c22-16(23)9-3-1-2-6-10-19-17(24)15-8-5-4-7-14(15)11-21-13-18-12-20-21/h4-5,7-8,12-13H,1-3,6,9-11H2,(H,19,24)(H,22,23). The molecule has 7 nitrogen and oxygen atoms in total. The Morgan fingerprint density at radius 2 is 1.92 bits per heavy atom. The number of carbonyl (C=O) groups is 2. The van der Waals surface area contributed by atoms with Crippen LogP contribution in [0.5, 0.6) is 0 Å². The molecule has 0 atom stereocenters. The van der Waals surface area contributed by atoms with Crippen LogP contribution in [0.2, 0.25) is 0 Å². The fourth-order valence-corrected chi connectivity index (χ4v) is 2.42. The highest BCUT2D eigenvalue weighted by Gasteiger charge is 2.10. The minimum Gasteiger partial charge on any atom is -0.481 e. The van der Waals surface area contributed by atoms with Gasteiger partial charge in [-0.1, -0.05) is 31.0 Å². The molecule has 0 bridgehead atoms. The lowest BCUT2D eigenvalue weighted by molar-refractivity contribution is -0.137. The van der Waals surface area contributed by atoms with E-state index in [0.717, 1.165) is 24.8 Å². The van der Waals surface area contributed by atoms with Gasteiger partial charge in [0.15, 0.2) is 0 Å². The Morgan fingerprint density at radius 1 is 1.12 bits per heavy atom. The monoisotopic (exact) mass is 330 g/mol. The zero-order valence-corrected chi connectivity index (χ0v) is 13.5. The molecular weight excluding hydrogens is 308 g/mol. The van der Waals surface area contributed by atoms with Gasteiger partial charge in [-0.25, -0.2) is 9.67 Å². The Kier molecular flexibility index (Phi) is 6.94. The first-order valence-corrected chi connectivity index (χ1v) is 8.07. The van der Waals surface area contributed by atoms with Gasteiger partial charge in [-0.05, 0) is 24.5 Å². The summed E-state index contributed by atoms with van der Waals surface area (Å²) in [5.41, 5.74) is 1.53. The lowest BCUT2D eigenvalue weighted by atomic mass is 10.1. The summed E-state index contributed by atoms with van der Waals surface area (Å²) in [5.74, 6) is -0.858. The molecule has 0 aliphatic rings. The van der Waals surface area contributed by atoms with Crippen LogP contribution in [-0.4, -0.2) is 38.3 Å². The van der Waals surface area contributed by atoms with Gasteiger partial charge < -0.3 is 10.4 Å². The van der Waals surface area contributed by atoms with Crippen molar-refractivity contribution in [3.05, 3.63) is 48.0 Å². The van der Waals surface area contributed by atoms with E-state index in [2.05, 4.69) is 15.4 Å². The Labute approximate surface area is 140 Å². The van der Waals surface area contributed by atoms with Crippen molar-refractivity contribution in [1.29, 1.82) is 0 Å². The number of carboxylic acid groups (broad SMARTS) is 1. The van der Waals surface area contributed by atoms with Crippen molar-refractivity contribution in [2.45, 2.75) is 38.6 Å². The highest BCUT2D eigenvalue weighted by atomic mass is 16.4. The molecule has 24 heavy (non-hydrogen) atoms. The maximum absolute atomic E-state index is 12.3. The SMILES string of the molecule is O=C(O)CCCCCCNC(=O)c1ccccc1Cn1cncn1. The first-order valence-electron chi connectivity index (χ1n) is 8.07. The number of nitrogens with zero attached hydrogens (tertiary/aromatic N) is 3. The van der Waals surface area contributed by atoms with Gasteiger partial charge in [-0.3, -0.25) is 9.59 Å². The third kappa shape index (κ3) is 5.83. The summed E-state index contributed by atoms with van der Waals surface area (Å²) in [7, 11) is 0. The number of benzene rings is 1. The molecule has 2 N–H and O–H groups in total. The second-order valence-electron chi connectivity index (χ2n) is 5.56. The summed E-state index contributed by atoms with van der Waals surface area (Å²) in [6, 6.07) is 7.44. The van der Waals surface area contributed by atoms with Gasteiger partial charge in [0, 0.05) is 18.5 Å². The van der Waals surface area contributed by atoms with E-state index in [0.29, 0.717) is 25.1 Å². The van der Waals surface area contributed by atoms with Crippen LogP contribution in [0, 0.1) is 0 Å². The second kappa shape index (κ2) is 9.44. The number of unbranched alkanes of at least 4 members (excludes halogenated alkanes) is 3. The van der Waals surface area contributed by atoms with Crippen molar-refractivity contribution in [2.24, 2.45) is 0 Å². The van der Waals surface area contributed by atoms with E-state index in [4.69, 9.17) is 5.11 Å². The van der Waals surface area contributed by atoms with Gasteiger partial charge in [0.05, 0.1) is 6.54 Å². The van der Waals surface area contributed by atoms with E-state index >= 15 is 0 Å². The van der Waals surface area contributed by atoms with E-state index in [1.54, 1.807) is 17.1 Å². The summed E-state index contributed by atoms with van der Waals surface area (Å²) >= 11 is 0. The van der Waals surface area contributed by atoms with Gasteiger partial charge in [0.2, 0.25) is 0 Å². The van der Waals surface area contributed by atoms with Crippen LogP contribution < -0.4 is 5.32 Å². The number of aromatic nitrogens is 3. The van der Waals surface area contributed by atoms with Crippen LogP contribution in [0.15, 0.2) is 36.9 Å². The van der Waals surface area contributed by atoms with Crippen LogP contribution >= 0.6 is 0 Å². The molecule has 1 heterocycles. The lowest BCUT2D eigenvalue weighted by Gasteiger charge is -2.10. The van der Waals surface area contributed by atoms with Crippen molar-refractivity contribution in [3.8, 4) is 0 Å². The fourth-order valence-electron chi connectivity index (χ4n) is 2.42. The van der Waals surface area contributed by atoms with E-state index in [9.17, 15) is 9.59 Å². The maximum atomic E-state index is 12.3. The number of aliphatic carboxylic acids is 1. The summed E-state index contributed by atoms with van der Waals surface area (Å²) < 4.78 is 1.68. The predicted molar refractivity (Wildman–Crippen MR) is 88.6 cm³/mol. The summed E-state index contributed by atoms with van der Waals surface area (Å²) in [6.45, 7) is 1.09. The third-order valence-corrected chi connectivity index (χ3v) is 3.66. The fraction of sp³-hybridized carbons (Fsp3) is 0.412. The van der Waals surface area contributed by atoms with Crippen LogP contribution in [0.3, 0.4) is 0 Å². The van der Waals surface area contributed by atoms with Crippen LogP contribution in [-0.2, 0) is 11.3 Å². The number of carboxylic acids is 1. The van der Waals surface area contributed by atoms with Gasteiger partial charge in [0.25, 0.3) is 5.91 Å². The smallest absolute Gasteiger partial charge is 0.303 e. The largest absolute Gasteiger partial charge is 0.481 e. The molecule has 2 aromatic rings. The average molecular weight is 330 g/mol. The molecule has 1 amide bonds. The number of amides is 1. The molecule has 1 aromatic heterocycles. The quantitative estimate of drug-likeness (QED) is 0.650. The van der Waals surface area contributed by atoms with Gasteiger partial charge in [-0.2, -0.15) is 5.10 Å². The zero-order valence-electron chi connectivity index (χ0n) is 13.5. The third-order valence-electron chi connectivity index (χ3n) is 3.66. The Morgan fingerprint density at radius 3 is 2.67 bits per heavy atom. The van der Waals surface area contributed by atoms with Crippen molar-refractivity contribution in [3.63, 3.8) is 0 Å². The number of hydrogen-bond donors (Lipinski definition) is 2. The minimum absolute atomic E-state index is 0.101. The van der Waals surface area contributed by atoms with Crippen molar-refractivity contribution < 1.29 is 14.7 Å². The van der Waals surface area contributed by atoms with Crippen LogP contribution in [0.1, 0.15) is 48.0 Å². The zero-order chi connectivity index (χ0) is 17.2. The molecule has 7 heteroatoms. The molecule has 0 radical (unpaired) electrons. The summed E-state index contributed by atoms with van der Waals surface area (Å²) in [4.78, 5) is 26.7. The van der Waals surface area contributed by atoms with Gasteiger partial charge in [-0.15, -0.1) is 0 Å². The molecular formula is C17H22N4O3. The second-order valence-corrected chi connectivity index (χ2v) is 5.56. The van der Waals surface area contributed by atoms with E-state index < -0.39 is 5.97 Å². The number of nitrogens with one attached hydrogen (secondary N) is 1. The van der Waals surface area contributed by atoms with Gasteiger partial charge in [0.1, 0.15) is 12.7 Å². The average Bonchev–Trinajstić information content (AvgIpc) is 3.07. The maximum Gasteiger partial charge on any atom is 0.303 e. The summed E-state index contributed by atoms with van der Waals surface area (Å²) in [6.07, 6.45) is 6.60. The number of rotatable bonds is 10. The predicted octanol–water partition coefficient (Wildman–Crippen LogP) is 2.09. The molecule has 0 spiro atoms. The molecule has 128 valence electrons. The molecule has 0 fully saturated rings. The van der Waals surface area contributed by atoms with Gasteiger partial charge >= 0.3 is 5.97 Å². The van der Waals surface area contributed by atoms with Crippen molar-refractivity contribution in [1.82, 2.24) is 20.1 Å². The van der Waals surface area contributed by atoms with E-state index in [-0.39, 0.29) is 12.3 Å². The summed E-state index contributed by atoms with van der Waals surface area (Å²) in [5, 5.41) is 15.5. The Hall–Kier alpha value is -2.70. The Bertz CT molecular complexity index is 656. The van der Waals surface area contributed by atoms with Crippen molar-refractivity contribution in [2.75, 3.05) is 6.54 Å². The number of carbonyl (C=O) groups excluding carboxylic acids is 1. The highest BCUT2D eigenvalue weighted by molar-refractivity contribution is 5.95. The molecule has 0 saturated carbocycles. The lowest BCUT2D eigenvalue weighted by Crippen LogP contribution is -2.26. The first-order chi connectivity index (χ1) is 11.7. The molecule has 0 aliphatic heterocycles. The highest BCUT2D eigenvalue weighted by Crippen LogP contribution is 2.10. The molecule has 0 aliphatic carbocycles. The minimum atomic E-state index is -0.757.